The number of nitrogens with one attached hydrogen (secondary N) is 1. The molecule has 0 spiro atoms. The van der Waals surface area contributed by atoms with Crippen LogP contribution in [0.15, 0.2) is 48.5 Å². The second-order valence-electron chi connectivity index (χ2n) is 5.72. The van der Waals surface area contributed by atoms with E-state index in [2.05, 4.69) is 17.4 Å². The Morgan fingerprint density at radius 3 is 2.65 bits per heavy atom. The van der Waals surface area contributed by atoms with Crippen molar-refractivity contribution in [2.45, 2.75) is 19.1 Å². The van der Waals surface area contributed by atoms with Gasteiger partial charge in [0.25, 0.3) is 0 Å². The molecule has 0 amide bonds. The highest BCUT2D eigenvalue weighted by Gasteiger charge is 2.28. The van der Waals surface area contributed by atoms with Crippen molar-refractivity contribution >= 4 is 0 Å². The summed E-state index contributed by atoms with van der Waals surface area (Å²) in [4.78, 5) is 0. The molecule has 2 unspecified atom stereocenters. The van der Waals surface area contributed by atoms with Crippen LogP contribution in [0.25, 0.3) is 0 Å². The molecule has 0 saturated carbocycles. The maximum Gasteiger partial charge on any atom is 0.162 e. The Labute approximate surface area is 137 Å². The summed E-state index contributed by atoms with van der Waals surface area (Å²) >= 11 is 0. The lowest BCUT2D eigenvalue weighted by molar-refractivity contribution is -0.0438. The van der Waals surface area contributed by atoms with Gasteiger partial charge in [-0.15, -0.1) is 0 Å². The number of benzene rings is 2. The Balaban J connectivity index is 1.89. The van der Waals surface area contributed by atoms with Crippen molar-refractivity contribution in [3.63, 3.8) is 0 Å². The lowest BCUT2D eigenvalue weighted by Gasteiger charge is -2.32. The molecule has 4 nitrogen and oxygen atoms in total. The average molecular weight is 313 g/mol. The van der Waals surface area contributed by atoms with Gasteiger partial charge in [0.05, 0.1) is 13.7 Å². The number of methoxy groups -OCH3 is 1. The zero-order chi connectivity index (χ0) is 16.1. The highest BCUT2D eigenvalue weighted by molar-refractivity contribution is 5.43. The molecule has 3 rings (SSSR count). The molecule has 23 heavy (non-hydrogen) atoms. The van der Waals surface area contributed by atoms with E-state index in [1.54, 1.807) is 7.11 Å². The molecule has 2 atom stereocenters. The standard InChI is InChI=1S/C19H23NO3/c1-14-8-9-16(17(12-14)21-2)23-19(15-6-4-3-5-7-15)18-13-20-10-11-22-18/h3-9,12,18-20H,10-11,13H2,1-2H3. The van der Waals surface area contributed by atoms with Gasteiger partial charge < -0.3 is 19.5 Å². The zero-order valence-electron chi connectivity index (χ0n) is 13.6. The van der Waals surface area contributed by atoms with Crippen molar-refractivity contribution < 1.29 is 14.2 Å². The van der Waals surface area contributed by atoms with Crippen molar-refractivity contribution in [1.29, 1.82) is 0 Å². The molecule has 1 aliphatic rings. The van der Waals surface area contributed by atoms with Crippen LogP contribution in [0.2, 0.25) is 0 Å². The van der Waals surface area contributed by atoms with Gasteiger partial charge in [0, 0.05) is 13.1 Å². The third kappa shape index (κ3) is 3.84. The summed E-state index contributed by atoms with van der Waals surface area (Å²) in [6, 6.07) is 16.2. The van der Waals surface area contributed by atoms with Gasteiger partial charge in [-0.25, -0.2) is 0 Å². The molecule has 1 heterocycles. The largest absolute Gasteiger partial charge is 0.493 e. The summed E-state index contributed by atoms with van der Waals surface area (Å²) in [5, 5.41) is 3.37. The normalized spacial score (nSPS) is 19.1. The first-order valence-electron chi connectivity index (χ1n) is 7.96. The van der Waals surface area contributed by atoms with E-state index in [0.717, 1.165) is 35.7 Å². The predicted molar refractivity (Wildman–Crippen MR) is 90.2 cm³/mol. The summed E-state index contributed by atoms with van der Waals surface area (Å²) in [5.41, 5.74) is 2.24. The van der Waals surface area contributed by atoms with E-state index in [1.807, 2.05) is 43.3 Å². The van der Waals surface area contributed by atoms with Crippen LogP contribution in [0.3, 0.4) is 0 Å². The number of ether oxygens (including phenoxy) is 3. The van der Waals surface area contributed by atoms with E-state index >= 15 is 0 Å². The highest BCUT2D eigenvalue weighted by Crippen LogP contribution is 2.34. The first-order chi connectivity index (χ1) is 11.3. The van der Waals surface area contributed by atoms with Gasteiger partial charge in [-0.1, -0.05) is 36.4 Å². The van der Waals surface area contributed by atoms with E-state index in [4.69, 9.17) is 14.2 Å². The fraction of sp³-hybridized carbons (Fsp3) is 0.368. The summed E-state index contributed by atoms with van der Waals surface area (Å²) in [6.07, 6.45) is -0.210. The van der Waals surface area contributed by atoms with Gasteiger partial charge in [-0.2, -0.15) is 0 Å². The number of aryl methyl sites for hydroxylation is 1. The molecule has 2 aromatic carbocycles. The minimum Gasteiger partial charge on any atom is -0.493 e. The van der Waals surface area contributed by atoms with Gasteiger partial charge in [0.1, 0.15) is 6.10 Å². The Morgan fingerprint density at radius 1 is 1.13 bits per heavy atom. The maximum atomic E-state index is 6.33. The van der Waals surface area contributed by atoms with Crippen LogP contribution >= 0.6 is 0 Å². The molecule has 0 bridgehead atoms. The fourth-order valence-corrected chi connectivity index (χ4v) is 2.79. The highest BCUT2D eigenvalue weighted by atomic mass is 16.6. The minimum atomic E-state index is -0.180. The first-order valence-corrected chi connectivity index (χ1v) is 7.96. The van der Waals surface area contributed by atoms with Crippen LogP contribution in [-0.4, -0.2) is 32.9 Å². The molecule has 1 aliphatic heterocycles. The molecule has 2 aromatic rings. The van der Waals surface area contributed by atoms with E-state index < -0.39 is 0 Å². The van der Waals surface area contributed by atoms with E-state index in [9.17, 15) is 0 Å². The van der Waals surface area contributed by atoms with Crippen molar-refractivity contribution in [2.24, 2.45) is 0 Å². The second kappa shape index (κ2) is 7.49. The Hall–Kier alpha value is -2.04. The van der Waals surface area contributed by atoms with E-state index in [-0.39, 0.29) is 12.2 Å². The molecule has 4 heteroatoms. The molecular formula is C19H23NO3. The molecule has 0 aromatic heterocycles. The van der Waals surface area contributed by atoms with E-state index in [1.165, 1.54) is 0 Å². The molecule has 1 fully saturated rings. The maximum absolute atomic E-state index is 6.33. The molecular weight excluding hydrogens is 290 g/mol. The van der Waals surface area contributed by atoms with Crippen molar-refractivity contribution in [2.75, 3.05) is 26.8 Å². The minimum absolute atomic E-state index is 0.0304. The van der Waals surface area contributed by atoms with Crippen LogP contribution < -0.4 is 14.8 Å². The summed E-state index contributed by atoms with van der Waals surface area (Å²) < 4.78 is 17.7. The zero-order valence-corrected chi connectivity index (χ0v) is 13.6. The smallest absolute Gasteiger partial charge is 0.162 e. The molecule has 0 radical (unpaired) electrons. The van der Waals surface area contributed by atoms with Crippen LogP contribution in [0.5, 0.6) is 11.5 Å². The van der Waals surface area contributed by atoms with Crippen LogP contribution in [0, 0.1) is 6.92 Å². The number of hydrogen-bond acceptors (Lipinski definition) is 4. The number of rotatable bonds is 5. The third-order valence-corrected chi connectivity index (χ3v) is 4.00. The Kier molecular flexibility index (Phi) is 5.16. The molecule has 1 N–H and O–H groups in total. The number of hydrogen-bond donors (Lipinski definition) is 1. The molecule has 1 saturated heterocycles. The molecule has 0 aliphatic carbocycles. The van der Waals surface area contributed by atoms with Crippen molar-refractivity contribution in [3.05, 3.63) is 59.7 Å². The Bertz CT molecular complexity index is 624. The average Bonchev–Trinajstić information content (AvgIpc) is 2.62. The lowest BCUT2D eigenvalue weighted by atomic mass is 10.0. The summed E-state index contributed by atoms with van der Waals surface area (Å²) in [6.45, 7) is 4.39. The lowest BCUT2D eigenvalue weighted by Crippen LogP contribution is -2.43. The Morgan fingerprint density at radius 2 is 1.96 bits per heavy atom. The quantitative estimate of drug-likeness (QED) is 0.921. The SMILES string of the molecule is COc1cc(C)ccc1OC(c1ccccc1)C1CNCCO1. The second-order valence-corrected chi connectivity index (χ2v) is 5.72. The van der Waals surface area contributed by atoms with Crippen molar-refractivity contribution in [3.8, 4) is 11.5 Å². The van der Waals surface area contributed by atoms with Gasteiger partial charge >= 0.3 is 0 Å². The van der Waals surface area contributed by atoms with Gasteiger partial charge in [-0.3, -0.25) is 0 Å². The third-order valence-electron chi connectivity index (χ3n) is 4.00. The van der Waals surface area contributed by atoms with Gasteiger partial charge in [0.15, 0.2) is 17.6 Å². The number of morpholine rings is 1. The van der Waals surface area contributed by atoms with Gasteiger partial charge in [-0.05, 0) is 30.2 Å². The summed E-state index contributed by atoms with van der Waals surface area (Å²) in [5.74, 6) is 1.48. The van der Waals surface area contributed by atoms with Gasteiger partial charge in [0.2, 0.25) is 0 Å². The monoisotopic (exact) mass is 313 g/mol. The predicted octanol–water partition coefficient (Wildman–Crippen LogP) is 3.11. The molecule has 122 valence electrons. The van der Waals surface area contributed by atoms with E-state index in [0.29, 0.717) is 6.61 Å². The first kappa shape index (κ1) is 15.8. The van der Waals surface area contributed by atoms with Crippen molar-refractivity contribution in [1.82, 2.24) is 5.32 Å². The van der Waals surface area contributed by atoms with Crippen LogP contribution in [0.4, 0.5) is 0 Å². The fourth-order valence-electron chi connectivity index (χ4n) is 2.79. The van der Waals surface area contributed by atoms with Crippen LogP contribution in [0.1, 0.15) is 17.2 Å². The topological polar surface area (TPSA) is 39.7 Å². The van der Waals surface area contributed by atoms with Crippen LogP contribution in [-0.2, 0) is 4.74 Å². The summed E-state index contributed by atoms with van der Waals surface area (Å²) in [7, 11) is 1.66.